The Kier molecular flexibility index (Phi) is 2.68. The highest BCUT2D eigenvalue weighted by Gasteiger charge is 2.13. The maximum atomic E-state index is 2.26. The number of para-hydroxylation sites is 1. The summed E-state index contributed by atoms with van der Waals surface area (Å²) in [6, 6.07) is 8.50. The molecule has 0 radical (unpaired) electrons. The minimum absolute atomic E-state index is 0. The molecule has 1 aliphatic heterocycles. The molecule has 60 valence electrons. The van der Waals surface area contributed by atoms with E-state index in [-0.39, 0.29) is 12.4 Å². The zero-order chi connectivity index (χ0) is 6.97. The molecule has 0 amide bonds. The molecule has 2 rings (SSSR count). The van der Waals surface area contributed by atoms with Crippen LogP contribution in [-0.4, -0.2) is 12.9 Å². The zero-order valence-electron chi connectivity index (χ0n) is 6.28. The third-order valence-electron chi connectivity index (χ3n) is 1.69. The molecule has 0 fully saturated rings. The van der Waals surface area contributed by atoms with Gasteiger partial charge in [-0.1, -0.05) is 12.1 Å². The van der Waals surface area contributed by atoms with Crippen LogP contribution in [0.2, 0.25) is 0 Å². The van der Waals surface area contributed by atoms with Crippen LogP contribution >= 0.6 is 24.2 Å². The quantitative estimate of drug-likeness (QED) is 0.615. The summed E-state index contributed by atoms with van der Waals surface area (Å²) in [4.78, 5) is 3.67. The molecule has 0 saturated carbocycles. The molecular weight excluding hydrogens is 178 g/mol. The lowest BCUT2D eigenvalue weighted by atomic mass is 10.3. The van der Waals surface area contributed by atoms with Crippen molar-refractivity contribution in [1.29, 1.82) is 0 Å². The van der Waals surface area contributed by atoms with E-state index in [1.54, 1.807) is 0 Å². The van der Waals surface area contributed by atoms with Crippen molar-refractivity contribution >= 4 is 29.9 Å². The van der Waals surface area contributed by atoms with E-state index in [4.69, 9.17) is 0 Å². The molecule has 0 spiro atoms. The summed E-state index contributed by atoms with van der Waals surface area (Å²) in [5.74, 6) is 1.10. The SMILES string of the molecule is CN1CSc2ccccc21.Cl. The van der Waals surface area contributed by atoms with Crippen LogP contribution in [0.15, 0.2) is 29.2 Å². The summed E-state index contributed by atoms with van der Waals surface area (Å²) in [6.45, 7) is 0. The summed E-state index contributed by atoms with van der Waals surface area (Å²) in [5.41, 5.74) is 1.37. The number of nitrogens with zero attached hydrogens (tertiary/aromatic N) is 1. The van der Waals surface area contributed by atoms with E-state index in [1.165, 1.54) is 10.6 Å². The van der Waals surface area contributed by atoms with E-state index in [0.717, 1.165) is 5.88 Å². The van der Waals surface area contributed by atoms with Crippen LogP contribution in [0.25, 0.3) is 0 Å². The molecule has 1 heterocycles. The third-order valence-corrected chi connectivity index (χ3v) is 2.86. The van der Waals surface area contributed by atoms with Crippen molar-refractivity contribution < 1.29 is 0 Å². The van der Waals surface area contributed by atoms with Gasteiger partial charge in [0, 0.05) is 11.9 Å². The van der Waals surface area contributed by atoms with Gasteiger partial charge in [-0.2, -0.15) is 0 Å². The predicted molar refractivity (Wildman–Crippen MR) is 52.8 cm³/mol. The summed E-state index contributed by atoms with van der Waals surface area (Å²) in [5, 5.41) is 0. The van der Waals surface area contributed by atoms with Gasteiger partial charge in [0.05, 0.1) is 11.6 Å². The Morgan fingerprint density at radius 3 is 2.82 bits per heavy atom. The molecule has 0 unspecified atom stereocenters. The lowest BCUT2D eigenvalue weighted by Gasteiger charge is -2.08. The summed E-state index contributed by atoms with van der Waals surface area (Å²) >= 11 is 1.90. The predicted octanol–water partition coefficient (Wildman–Crippen LogP) is 2.61. The number of benzene rings is 1. The number of anilines is 1. The van der Waals surface area contributed by atoms with Crippen LogP contribution < -0.4 is 4.90 Å². The van der Waals surface area contributed by atoms with Crippen molar-refractivity contribution in [2.75, 3.05) is 17.8 Å². The molecule has 1 aromatic rings. The van der Waals surface area contributed by atoms with E-state index in [9.17, 15) is 0 Å². The molecule has 0 bridgehead atoms. The van der Waals surface area contributed by atoms with Crippen molar-refractivity contribution in [2.24, 2.45) is 0 Å². The Hall–Kier alpha value is -0.340. The standard InChI is InChI=1S/C8H9NS.ClH/c1-9-6-10-8-5-3-2-4-7(8)9;/h2-5H,6H2,1H3;1H. The van der Waals surface area contributed by atoms with Gasteiger partial charge in [0.15, 0.2) is 0 Å². The largest absolute Gasteiger partial charge is 0.364 e. The van der Waals surface area contributed by atoms with E-state index < -0.39 is 0 Å². The first-order valence-electron chi connectivity index (χ1n) is 3.31. The summed E-state index contributed by atoms with van der Waals surface area (Å²) in [7, 11) is 2.12. The molecule has 3 heteroatoms. The second-order valence-electron chi connectivity index (χ2n) is 2.44. The number of halogens is 1. The molecule has 0 aliphatic carbocycles. The third kappa shape index (κ3) is 1.47. The highest BCUT2D eigenvalue weighted by molar-refractivity contribution is 7.99. The van der Waals surface area contributed by atoms with Gasteiger partial charge in [0.2, 0.25) is 0 Å². The molecule has 1 nitrogen and oxygen atoms in total. The van der Waals surface area contributed by atoms with Crippen LogP contribution in [-0.2, 0) is 0 Å². The van der Waals surface area contributed by atoms with Crippen LogP contribution in [0.3, 0.4) is 0 Å². The number of hydrogen-bond acceptors (Lipinski definition) is 2. The van der Waals surface area contributed by atoms with Crippen molar-refractivity contribution in [1.82, 2.24) is 0 Å². The van der Waals surface area contributed by atoms with E-state index in [2.05, 4.69) is 36.2 Å². The Bertz CT molecular complexity index is 252. The highest BCUT2D eigenvalue weighted by Crippen LogP contribution is 2.36. The van der Waals surface area contributed by atoms with Crippen molar-refractivity contribution in [3.63, 3.8) is 0 Å². The molecule has 0 aromatic heterocycles. The average molecular weight is 188 g/mol. The fraction of sp³-hybridized carbons (Fsp3) is 0.250. The van der Waals surface area contributed by atoms with Gasteiger partial charge in [0.1, 0.15) is 0 Å². The Balaban J connectivity index is 0.000000605. The maximum absolute atomic E-state index is 2.26. The molecular formula is C8H10ClNS. The van der Waals surface area contributed by atoms with Crippen LogP contribution in [0.4, 0.5) is 5.69 Å². The topological polar surface area (TPSA) is 3.24 Å². The smallest absolute Gasteiger partial charge is 0.0683 e. The molecule has 1 aliphatic rings. The first kappa shape index (κ1) is 8.75. The van der Waals surface area contributed by atoms with E-state index >= 15 is 0 Å². The number of rotatable bonds is 0. The Labute approximate surface area is 77.2 Å². The van der Waals surface area contributed by atoms with Crippen molar-refractivity contribution in [3.05, 3.63) is 24.3 Å². The first-order chi connectivity index (χ1) is 4.88. The van der Waals surface area contributed by atoms with Gasteiger partial charge in [-0.15, -0.1) is 24.2 Å². The molecule has 0 N–H and O–H groups in total. The Morgan fingerprint density at radius 2 is 2.09 bits per heavy atom. The maximum Gasteiger partial charge on any atom is 0.0683 e. The normalized spacial score (nSPS) is 14.1. The van der Waals surface area contributed by atoms with Gasteiger partial charge >= 0.3 is 0 Å². The second-order valence-corrected chi connectivity index (χ2v) is 3.43. The van der Waals surface area contributed by atoms with Gasteiger partial charge in [-0.3, -0.25) is 0 Å². The summed E-state index contributed by atoms with van der Waals surface area (Å²) < 4.78 is 0. The fourth-order valence-electron chi connectivity index (χ4n) is 1.13. The first-order valence-corrected chi connectivity index (χ1v) is 4.29. The van der Waals surface area contributed by atoms with Crippen LogP contribution in [0.1, 0.15) is 0 Å². The van der Waals surface area contributed by atoms with E-state index in [1.807, 2.05) is 11.8 Å². The summed E-state index contributed by atoms with van der Waals surface area (Å²) in [6.07, 6.45) is 0. The minimum atomic E-state index is 0. The van der Waals surface area contributed by atoms with Crippen molar-refractivity contribution in [3.8, 4) is 0 Å². The molecule has 11 heavy (non-hydrogen) atoms. The number of hydrogen-bond donors (Lipinski definition) is 0. The van der Waals surface area contributed by atoms with Crippen molar-refractivity contribution in [2.45, 2.75) is 4.90 Å². The fourth-order valence-corrected chi connectivity index (χ4v) is 2.15. The molecule has 0 saturated heterocycles. The van der Waals surface area contributed by atoms with Crippen LogP contribution in [0.5, 0.6) is 0 Å². The van der Waals surface area contributed by atoms with E-state index in [0.29, 0.717) is 0 Å². The molecule has 0 atom stereocenters. The molecule has 1 aromatic carbocycles. The minimum Gasteiger partial charge on any atom is -0.364 e. The van der Waals surface area contributed by atoms with Gasteiger partial charge in [-0.05, 0) is 12.1 Å². The second kappa shape index (κ2) is 3.37. The average Bonchev–Trinajstić information content (AvgIpc) is 2.34. The zero-order valence-corrected chi connectivity index (χ0v) is 7.91. The van der Waals surface area contributed by atoms with Gasteiger partial charge in [0.25, 0.3) is 0 Å². The lowest BCUT2D eigenvalue weighted by Crippen LogP contribution is -2.10. The lowest BCUT2D eigenvalue weighted by molar-refractivity contribution is 1.10. The van der Waals surface area contributed by atoms with Crippen LogP contribution in [0, 0.1) is 0 Å². The number of thioether (sulfide) groups is 1. The monoisotopic (exact) mass is 187 g/mol. The number of fused-ring (bicyclic) bond motifs is 1. The highest BCUT2D eigenvalue weighted by atomic mass is 35.5. The van der Waals surface area contributed by atoms with Gasteiger partial charge in [-0.25, -0.2) is 0 Å². The van der Waals surface area contributed by atoms with Gasteiger partial charge < -0.3 is 4.90 Å². The Morgan fingerprint density at radius 1 is 1.36 bits per heavy atom.